The summed E-state index contributed by atoms with van der Waals surface area (Å²) in [6.07, 6.45) is 0.997. The van der Waals surface area contributed by atoms with Gasteiger partial charge in [-0.3, -0.25) is 9.69 Å². The van der Waals surface area contributed by atoms with E-state index < -0.39 is 0 Å². The number of rotatable bonds is 5. The monoisotopic (exact) mass is 452 g/mol. The second-order valence-corrected chi connectivity index (χ2v) is 9.81. The van der Waals surface area contributed by atoms with Crippen molar-refractivity contribution in [3.05, 3.63) is 65.0 Å². The van der Waals surface area contributed by atoms with Gasteiger partial charge >= 0.3 is 0 Å². The van der Waals surface area contributed by atoms with E-state index in [0.29, 0.717) is 18.5 Å². The van der Waals surface area contributed by atoms with Gasteiger partial charge in [-0.05, 0) is 56.8 Å². The molecule has 2 heterocycles. The van der Waals surface area contributed by atoms with Gasteiger partial charge in [0.15, 0.2) is 0 Å². The van der Waals surface area contributed by atoms with Gasteiger partial charge in [-0.15, -0.1) is 0 Å². The number of likely N-dealkylation sites (tertiary alicyclic amines) is 1. The number of anilines is 1. The topological polar surface area (TPSA) is 30.0 Å². The molecule has 2 fully saturated rings. The highest BCUT2D eigenvalue weighted by atomic mass is 19.1. The lowest BCUT2D eigenvalue weighted by atomic mass is 9.93. The van der Waals surface area contributed by atoms with Gasteiger partial charge in [-0.2, -0.15) is 0 Å². The predicted molar refractivity (Wildman–Crippen MR) is 132 cm³/mol. The molecule has 2 aromatic carbocycles. The van der Waals surface area contributed by atoms with E-state index in [1.165, 1.54) is 11.3 Å². The largest absolute Gasteiger partial charge is 0.370 e. The normalized spacial score (nSPS) is 22.1. The summed E-state index contributed by atoms with van der Waals surface area (Å²) in [6, 6.07) is 14.7. The van der Waals surface area contributed by atoms with Crippen molar-refractivity contribution in [2.45, 2.75) is 38.8 Å². The molecule has 0 radical (unpaired) electrons. The van der Waals surface area contributed by atoms with Crippen molar-refractivity contribution in [3.8, 4) is 0 Å². The number of likely N-dealkylation sites (N-methyl/N-ethyl adjacent to an activating group) is 1. The number of aryl methyl sites for hydroxylation is 1. The van der Waals surface area contributed by atoms with Crippen LogP contribution in [0.5, 0.6) is 0 Å². The molecule has 6 heteroatoms. The second kappa shape index (κ2) is 10.2. The van der Waals surface area contributed by atoms with Crippen LogP contribution in [0.25, 0.3) is 0 Å². The van der Waals surface area contributed by atoms with Gasteiger partial charge in [-0.25, -0.2) is 4.39 Å². The molecule has 4 rings (SSSR count). The summed E-state index contributed by atoms with van der Waals surface area (Å²) >= 11 is 0. The maximum absolute atomic E-state index is 14.4. The smallest absolute Gasteiger partial charge is 0.219 e. The van der Waals surface area contributed by atoms with Gasteiger partial charge in [0.05, 0.1) is 0 Å². The van der Waals surface area contributed by atoms with E-state index >= 15 is 0 Å². The summed E-state index contributed by atoms with van der Waals surface area (Å²) < 4.78 is 14.4. The van der Waals surface area contributed by atoms with E-state index in [4.69, 9.17) is 0 Å². The fourth-order valence-corrected chi connectivity index (χ4v) is 5.36. The third-order valence-corrected chi connectivity index (χ3v) is 7.39. The average Bonchev–Trinajstić information content (AvgIpc) is 3.05. The standard InChI is InChI=1S/C27H37FN4O/c1-20-7-5-8-26(28)24(20)17-30-18-25(27(19-30)29(3)4)22-9-11-23(12-10-22)32-14-6-13-31(15-16-32)21(2)33/h5,7-12,25,27H,6,13-19H2,1-4H3/t25-,27+/m1/s1. The number of carbonyl (C=O) groups excluding carboxylic acids is 1. The van der Waals surface area contributed by atoms with E-state index in [1.54, 1.807) is 19.1 Å². The molecule has 2 aliphatic rings. The first-order valence-corrected chi connectivity index (χ1v) is 12.1. The van der Waals surface area contributed by atoms with Crippen LogP contribution < -0.4 is 4.90 Å². The highest BCUT2D eigenvalue weighted by molar-refractivity contribution is 5.73. The number of amides is 1. The summed E-state index contributed by atoms with van der Waals surface area (Å²) in [7, 11) is 4.28. The molecule has 178 valence electrons. The molecule has 0 spiro atoms. The quantitative estimate of drug-likeness (QED) is 0.692. The first-order valence-electron chi connectivity index (χ1n) is 12.1. The van der Waals surface area contributed by atoms with Crippen molar-refractivity contribution in [2.24, 2.45) is 0 Å². The number of benzene rings is 2. The molecular weight excluding hydrogens is 415 g/mol. The average molecular weight is 453 g/mol. The van der Waals surface area contributed by atoms with Crippen LogP contribution in [0.3, 0.4) is 0 Å². The Kier molecular flexibility index (Phi) is 7.35. The summed E-state index contributed by atoms with van der Waals surface area (Å²) in [5.74, 6) is 0.446. The molecule has 33 heavy (non-hydrogen) atoms. The number of hydrogen-bond acceptors (Lipinski definition) is 4. The van der Waals surface area contributed by atoms with Gasteiger partial charge in [0.25, 0.3) is 0 Å². The van der Waals surface area contributed by atoms with Crippen molar-refractivity contribution >= 4 is 11.6 Å². The van der Waals surface area contributed by atoms with Gasteiger partial charge < -0.3 is 14.7 Å². The molecule has 1 amide bonds. The lowest BCUT2D eigenvalue weighted by Gasteiger charge is -2.27. The van der Waals surface area contributed by atoms with Crippen molar-refractivity contribution in [3.63, 3.8) is 0 Å². The van der Waals surface area contributed by atoms with Crippen LogP contribution in [0.1, 0.15) is 36.0 Å². The SMILES string of the molecule is CC(=O)N1CCCN(c2ccc([C@H]3CN(Cc4c(C)cccc4F)C[C@@H]3N(C)C)cc2)CC1. The molecule has 0 aliphatic carbocycles. The zero-order valence-corrected chi connectivity index (χ0v) is 20.4. The Morgan fingerprint density at radius 2 is 1.79 bits per heavy atom. The van der Waals surface area contributed by atoms with Crippen LogP contribution in [0.15, 0.2) is 42.5 Å². The van der Waals surface area contributed by atoms with Crippen molar-refractivity contribution in [1.29, 1.82) is 0 Å². The van der Waals surface area contributed by atoms with Crippen LogP contribution >= 0.6 is 0 Å². The fourth-order valence-electron chi connectivity index (χ4n) is 5.36. The van der Waals surface area contributed by atoms with Crippen molar-refractivity contribution in [2.75, 3.05) is 58.3 Å². The van der Waals surface area contributed by atoms with Gasteiger partial charge in [-0.1, -0.05) is 24.3 Å². The maximum Gasteiger partial charge on any atom is 0.219 e. The highest BCUT2D eigenvalue weighted by Gasteiger charge is 2.35. The van der Waals surface area contributed by atoms with E-state index in [-0.39, 0.29) is 11.7 Å². The Balaban J connectivity index is 1.46. The number of hydrogen-bond donors (Lipinski definition) is 0. The Bertz CT molecular complexity index is 941. The fraction of sp³-hybridized carbons (Fsp3) is 0.519. The Morgan fingerprint density at radius 1 is 1.03 bits per heavy atom. The Hall–Kier alpha value is -2.44. The summed E-state index contributed by atoms with van der Waals surface area (Å²) in [4.78, 5) is 20.8. The molecule has 2 saturated heterocycles. The molecule has 2 atom stereocenters. The van der Waals surface area contributed by atoms with Crippen molar-refractivity contribution in [1.82, 2.24) is 14.7 Å². The van der Waals surface area contributed by atoms with Gasteiger partial charge in [0.1, 0.15) is 5.82 Å². The third kappa shape index (κ3) is 5.39. The molecule has 0 N–H and O–H groups in total. The van der Waals surface area contributed by atoms with E-state index in [2.05, 4.69) is 53.1 Å². The molecular formula is C27H37FN4O. The lowest BCUT2D eigenvalue weighted by Crippen LogP contribution is -2.34. The Labute approximate surface area is 197 Å². The molecule has 0 aromatic heterocycles. The lowest BCUT2D eigenvalue weighted by molar-refractivity contribution is -0.128. The van der Waals surface area contributed by atoms with E-state index in [0.717, 1.165) is 56.8 Å². The minimum absolute atomic E-state index is 0.106. The van der Waals surface area contributed by atoms with E-state index in [1.807, 2.05) is 17.9 Å². The van der Waals surface area contributed by atoms with Crippen LogP contribution in [0.4, 0.5) is 10.1 Å². The summed E-state index contributed by atoms with van der Waals surface area (Å²) in [6.45, 7) is 9.63. The highest BCUT2D eigenvalue weighted by Crippen LogP contribution is 2.33. The number of nitrogens with zero attached hydrogens (tertiary/aromatic N) is 4. The van der Waals surface area contributed by atoms with Crippen LogP contribution in [0, 0.1) is 12.7 Å². The van der Waals surface area contributed by atoms with Crippen molar-refractivity contribution < 1.29 is 9.18 Å². The first-order chi connectivity index (χ1) is 15.8. The van der Waals surface area contributed by atoms with Gasteiger partial charge in [0.2, 0.25) is 5.91 Å². The zero-order chi connectivity index (χ0) is 23.5. The molecule has 5 nitrogen and oxygen atoms in total. The van der Waals surface area contributed by atoms with Gasteiger partial charge in [0, 0.05) is 75.9 Å². The Morgan fingerprint density at radius 3 is 2.45 bits per heavy atom. The van der Waals surface area contributed by atoms with Crippen LogP contribution in [0.2, 0.25) is 0 Å². The van der Waals surface area contributed by atoms with E-state index in [9.17, 15) is 9.18 Å². The van der Waals surface area contributed by atoms with Crippen LogP contribution in [-0.4, -0.2) is 80.0 Å². The number of carbonyl (C=O) groups is 1. The molecule has 2 aliphatic heterocycles. The zero-order valence-electron chi connectivity index (χ0n) is 20.4. The minimum atomic E-state index is -0.106. The predicted octanol–water partition coefficient (Wildman–Crippen LogP) is 3.72. The molecule has 0 saturated carbocycles. The first kappa shape index (κ1) is 23.7. The second-order valence-electron chi connectivity index (χ2n) is 9.81. The van der Waals surface area contributed by atoms with Crippen LogP contribution in [-0.2, 0) is 11.3 Å². The number of halogens is 1. The third-order valence-electron chi connectivity index (χ3n) is 7.39. The summed E-state index contributed by atoms with van der Waals surface area (Å²) in [5, 5.41) is 0. The molecule has 0 bridgehead atoms. The maximum atomic E-state index is 14.4. The molecule has 0 unspecified atom stereocenters. The minimum Gasteiger partial charge on any atom is -0.370 e. The summed E-state index contributed by atoms with van der Waals surface area (Å²) in [5.41, 5.74) is 4.39. The molecule has 2 aromatic rings.